The summed E-state index contributed by atoms with van der Waals surface area (Å²) in [6.07, 6.45) is 0.802. The number of hydrogen-bond acceptors (Lipinski definition) is 3. The summed E-state index contributed by atoms with van der Waals surface area (Å²) < 4.78 is 6.65. The summed E-state index contributed by atoms with van der Waals surface area (Å²) in [4.78, 5) is 7.71. The van der Waals surface area contributed by atoms with E-state index in [4.69, 9.17) is 17.0 Å². The molecule has 1 aromatic carbocycles. The Morgan fingerprint density at radius 2 is 2.05 bits per heavy atom. The van der Waals surface area contributed by atoms with Crippen LogP contribution in [-0.2, 0) is 11.2 Å². The van der Waals surface area contributed by atoms with Crippen LogP contribution < -0.4 is 0 Å². The number of aromatic nitrogens is 2. The van der Waals surface area contributed by atoms with Gasteiger partial charge in [-0.1, -0.05) is 42.5 Å². The number of rotatable bonds is 4. The third kappa shape index (κ3) is 3.49. The Balaban J connectivity index is 2.46. The largest absolute Gasteiger partial charge is 0.381 e. The van der Waals surface area contributed by atoms with Gasteiger partial charge in [0.15, 0.2) is 0 Å². The molecule has 0 fully saturated rings. The number of hydrogen-bond donors (Lipinski definition) is 1. The SMILES string of the molecule is COC(C)Cc1nc(=S)c(Br)c(-c2ccccc2)[nH]1. The zero-order valence-electron chi connectivity index (χ0n) is 10.8. The number of H-pyrrole nitrogens is 1. The second kappa shape index (κ2) is 6.41. The molecule has 0 radical (unpaired) electrons. The van der Waals surface area contributed by atoms with Gasteiger partial charge >= 0.3 is 0 Å². The van der Waals surface area contributed by atoms with Crippen molar-refractivity contribution in [1.82, 2.24) is 9.97 Å². The second-order valence-electron chi connectivity index (χ2n) is 4.29. The highest BCUT2D eigenvalue weighted by Crippen LogP contribution is 2.26. The van der Waals surface area contributed by atoms with Crippen LogP contribution in [0.15, 0.2) is 34.8 Å². The Hall–Kier alpha value is -1.04. The zero-order chi connectivity index (χ0) is 13.8. The summed E-state index contributed by atoms with van der Waals surface area (Å²) in [5, 5.41) is 0. The Morgan fingerprint density at radius 3 is 2.68 bits per heavy atom. The third-order valence-corrected chi connectivity index (χ3v) is 4.19. The molecule has 19 heavy (non-hydrogen) atoms. The summed E-state index contributed by atoms with van der Waals surface area (Å²) in [6, 6.07) is 10.1. The van der Waals surface area contributed by atoms with Crippen molar-refractivity contribution in [2.75, 3.05) is 7.11 Å². The van der Waals surface area contributed by atoms with Crippen molar-refractivity contribution in [3.63, 3.8) is 0 Å². The molecule has 0 aliphatic carbocycles. The highest BCUT2D eigenvalue weighted by Gasteiger charge is 2.10. The van der Waals surface area contributed by atoms with Gasteiger partial charge in [-0.3, -0.25) is 0 Å². The number of ether oxygens (including phenoxy) is 1. The maximum atomic E-state index is 5.30. The fourth-order valence-corrected chi connectivity index (χ4v) is 2.39. The van der Waals surface area contributed by atoms with Crippen LogP contribution in [0.5, 0.6) is 0 Å². The summed E-state index contributed by atoms with van der Waals surface area (Å²) in [5.41, 5.74) is 2.04. The van der Waals surface area contributed by atoms with Crippen molar-refractivity contribution < 1.29 is 4.74 Å². The first kappa shape index (κ1) is 14.4. The molecule has 1 aromatic heterocycles. The average molecular weight is 339 g/mol. The number of methoxy groups -OCH3 is 1. The van der Waals surface area contributed by atoms with Crippen LogP contribution in [-0.4, -0.2) is 23.2 Å². The van der Waals surface area contributed by atoms with Crippen LogP contribution in [0.2, 0.25) is 0 Å². The fraction of sp³-hybridized carbons (Fsp3) is 0.286. The maximum absolute atomic E-state index is 5.30. The van der Waals surface area contributed by atoms with Gasteiger partial charge in [0.05, 0.1) is 16.3 Å². The van der Waals surface area contributed by atoms with E-state index in [1.165, 1.54) is 0 Å². The van der Waals surface area contributed by atoms with Crippen LogP contribution in [0.1, 0.15) is 12.7 Å². The van der Waals surface area contributed by atoms with Gasteiger partial charge in [-0.15, -0.1) is 0 Å². The monoisotopic (exact) mass is 338 g/mol. The van der Waals surface area contributed by atoms with Gasteiger partial charge in [-0.05, 0) is 28.4 Å². The van der Waals surface area contributed by atoms with E-state index in [-0.39, 0.29) is 6.10 Å². The molecule has 1 heterocycles. The molecule has 100 valence electrons. The van der Waals surface area contributed by atoms with Crippen molar-refractivity contribution in [2.45, 2.75) is 19.4 Å². The minimum Gasteiger partial charge on any atom is -0.381 e. The Morgan fingerprint density at radius 1 is 1.37 bits per heavy atom. The average Bonchev–Trinajstić information content (AvgIpc) is 2.43. The molecular weight excluding hydrogens is 324 g/mol. The van der Waals surface area contributed by atoms with Gasteiger partial charge < -0.3 is 9.72 Å². The van der Waals surface area contributed by atoms with Gasteiger partial charge in [-0.2, -0.15) is 0 Å². The van der Waals surface area contributed by atoms with Gasteiger partial charge in [0, 0.05) is 13.5 Å². The lowest BCUT2D eigenvalue weighted by atomic mass is 10.1. The second-order valence-corrected chi connectivity index (χ2v) is 5.47. The molecule has 5 heteroatoms. The minimum absolute atomic E-state index is 0.1000. The van der Waals surface area contributed by atoms with Crippen LogP contribution in [0.4, 0.5) is 0 Å². The molecule has 0 aliphatic heterocycles. The van der Waals surface area contributed by atoms with Crippen LogP contribution in [0, 0.1) is 4.64 Å². The predicted octanol–water partition coefficient (Wildman–Crippen LogP) is 4.15. The first-order chi connectivity index (χ1) is 9.11. The molecule has 1 atom stereocenters. The molecule has 2 aromatic rings. The lowest BCUT2D eigenvalue weighted by Gasteiger charge is -2.12. The Labute approximate surface area is 126 Å². The normalized spacial score (nSPS) is 12.4. The Kier molecular flexibility index (Phi) is 4.85. The summed E-state index contributed by atoms with van der Waals surface area (Å²) in [5.74, 6) is 0.835. The van der Waals surface area contributed by atoms with E-state index < -0.39 is 0 Å². The van der Waals surface area contributed by atoms with E-state index in [1.54, 1.807) is 7.11 Å². The minimum atomic E-state index is 0.1000. The quantitative estimate of drug-likeness (QED) is 0.851. The number of nitrogens with one attached hydrogen (secondary N) is 1. The van der Waals surface area contributed by atoms with Crippen LogP contribution >= 0.6 is 28.1 Å². The lowest BCUT2D eigenvalue weighted by molar-refractivity contribution is 0.117. The molecule has 0 aliphatic rings. The number of aromatic amines is 1. The van der Waals surface area contributed by atoms with Crippen LogP contribution in [0.25, 0.3) is 11.3 Å². The molecule has 2 rings (SSSR count). The van der Waals surface area contributed by atoms with Gasteiger partial charge in [0.25, 0.3) is 0 Å². The van der Waals surface area contributed by atoms with Gasteiger partial charge in [0.1, 0.15) is 10.5 Å². The number of nitrogens with zero attached hydrogens (tertiary/aromatic N) is 1. The third-order valence-electron chi connectivity index (χ3n) is 2.86. The molecule has 0 amide bonds. The van der Waals surface area contributed by atoms with Gasteiger partial charge in [0.2, 0.25) is 0 Å². The van der Waals surface area contributed by atoms with E-state index in [0.717, 1.165) is 21.6 Å². The Bertz CT molecular complexity index is 613. The summed E-state index contributed by atoms with van der Waals surface area (Å²) >= 11 is 8.80. The lowest BCUT2D eigenvalue weighted by Crippen LogP contribution is -2.12. The molecule has 0 saturated heterocycles. The van der Waals surface area contributed by atoms with E-state index >= 15 is 0 Å². The van der Waals surface area contributed by atoms with Crippen molar-refractivity contribution in [2.24, 2.45) is 0 Å². The molecule has 1 unspecified atom stereocenters. The van der Waals surface area contributed by atoms with E-state index in [0.29, 0.717) is 11.1 Å². The number of halogens is 1. The highest BCUT2D eigenvalue weighted by atomic mass is 79.9. The first-order valence-corrected chi connectivity index (χ1v) is 7.19. The van der Waals surface area contributed by atoms with Crippen molar-refractivity contribution in [3.05, 3.63) is 45.3 Å². The van der Waals surface area contributed by atoms with Crippen molar-refractivity contribution in [3.8, 4) is 11.3 Å². The molecule has 3 nitrogen and oxygen atoms in total. The summed E-state index contributed by atoms with van der Waals surface area (Å²) in [7, 11) is 1.69. The van der Waals surface area contributed by atoms with Crippen LogP contribution in [0.3, 0.4) is 0 Å². The molecule has 0 spiro atoms. The standard InChI is InChI=1S/C14H15BrN2OS/c1-9(18-2)8-11-16-13(12(15)14(19)17-11)10-6-4-3-5-7-10/h3-7,9H,8H2,1-2H3,(H,16,17,19). The van der Waals surface area contributed by atoms with Crippen molar-refractivity contribution in [1.29, 1.82) is 0 Å². The van der Waals surface area contributed by atoms with E-state index in [2.05, 4.69) is 25.9 Å². The molecular formula is C14H15BrN2OS. The highest BCUT2D eigenvalue weighted by molar-refractivity contribution is 9.10. The summed E-state index contributed by atoms with van der Waals surface area (Å²) in [6.45, 7) is 2.00. The number of benzene rings is 1. The first-order valence-electron chi connectivity index (χ1n) is 5.98. The molecule has 0 saturated carbocycles. The van der Waals surface area contributed by atoms with Gasteiger partial charge in [-0.25, -0.2) is 4.98 Å². The predicted molar refractivity (Wildman–Crippen MR) is 82.7 cm³/mol. The van der Waals surface area contributed by atoms with E-state index in [9.17, 15) is 0 Å². The molecule has 0 bridgehead atoms. The van der Waals surface area contributed by atoms with E-state index in [1.807, 2.05) is 37.3 Å². The van der Waals surface area contributed by atoms with Crippen molar-refractivity contribution >= 4 is 28.1 Å². The maximum Gasteiger partial charge on any atom is 0.144 e. The smallest absolute Gasteiger partial charge is 0.144 e. The fourth-order valence-electron chi connectivity index (χ4n) is 1.76. The zero-order valence-corrected chi connectivity index (χ0v) is 13.2. The molecule has 1 N–H and O–H groups in total. The topological polar surface area (TPSA) is 37.9 Å².